The topological polar surface area (TPSA) is 26.3 Å². The van der Waals surface area contributed by atoms with Gasteiger partial charge in [0.15, 0.2) is 0 Å². The number of unbranched alkanes of at least 4 members (excludes halogenated alkanes) is 14. The minimum Gasteiger partial charge on any atom is -0.465 e. The molecule has 0 amide bonds. The summed E-state index contributed by atoms with van der Waals surface area (Å²) >= 11 is 0. The molecule has 0 radical (unpaired) electrons. The molecular formula is C26H44O2. The fraction of sp³-hybridized carbons (Fsp3) is 0.731. The van der Waals surface area contributed by atoms with E-state index in [0.29, 0.717) is 13.0 Å². The van der Waals surface area contributed by atoms with E-state index in [2.05, 4.69) is 19.1 Å². The number of carbonyl (C=O) groups excluding carboxylic acids is 1. The molecule has 0 atom stereocenters. The van der Waals surface area contributed by atoms with Crippen molar-refractivity contribution in [1.82, 2.24) is 0 Å². The molecule has 160 valence electrons. The largest absolute Gasteiger partial charge is 0.465 e. The second-order valence-electron chi connectivity index (χ2n) is 8.16. The van der Waals surface area contributed by atoms with Crippen LogP contribution in [0.2, 0.25) is 0 Å². The predicted molar refractivity (Wildman–Crippen MR) is 121 cm³/mol. The monoisotopic (exact) mass is 388 g/mol. The minimum atomic E-state index is -0.0365. The molecule has 0 N–H and O–H groups in total. The summed E-state index contributed by atoms with van der Waals surface area (Å²) in [5.74, 6) is -0.0365. The zero-order valence-corrected chi connectivity index (χ0v) is 18.4. The Hall–Kier alpha value is -1.31. The highest BCUT2D eigenvalue weighted by Crippen LogP contribution is 2.13. The molecular weight excluding hydrogens is 344 g/mol. The average Bonchev–Trinajstić information content (AvgIpc) is 2.71. The van der Waals surface area contributed by atoms with E-state index in [0.717, 1.165) is 19.3 Å². The van der Waals surface area contributed by atoms with Gasteiger partial charge in [0.1, 0.15) is 0 Å². The average molecular weight is 389 g/mol. The van der Waals surface area contributed by atoms with Crippen LogP contribution >= 0.6 is 0 Å². The second kappa shape index (κ2) is 19.0. The number of hydrogen-bond donors (Lipinski definition) is 0. The molecule has 2 nitrogen and oxygen atoms in total. The van der Waals surface area contributed by atoms with E-state index in [1.165, 1.54) is 89.0 Å². The summed E-state index contributed by atoms with van der Waals surface area (Å²) in [6, 6.07) is 10.2. The fourth-order valence-electron chi connectivity index (χ4n) is 3.64. The van der Waals surface area contributed by atoms with Gasteiger partial charge in [-0.25, -0.2) is 0 Å². The first-order valence-corrected chi connectivity index (χ1v) is 12.0. The minimum absolute atomic E-state index is 0.0365. The molecule has 0 aliphatic carbocycles. The van der Waals surface area contributed by atoms with E-state index in [1.54, 1.807) is 0 Å². The van der Waals surface area contributed by atoms with E-state index in [4.69, 9.17) is 4.74 Å². The number of carbonyl (C=O) groups is 1. The summed E-state index contributed by atoms with van der Waals surface area (Å²) in [5.41, 5.74) is 1.22. The summed E-state index contributed by atoms with van der Waals surface area (Å²) in [6.45, 7) is 2.78. The van der Waals surface area contributed by atoms with Gasteiger partial charge in [0.05, 0.1) is 6.61 Å². The van der Waals surface area contributed by atoms with Crippen molar-refractivity contribution >= 4 is 5.97 Å². The van der Waals surface area contributed by atoms with Crippen LogP contribution in [0.4, 0.5) is 0 Å². The molecule has 1 rings (SSSR count). The molecule has 1 aromatic rings. The first-order valence-electron chi connectivity index (χ1n) is 12.0. The maximum atomic E-state index is 11.7. The highest BCUT2D eigenvalue weighted by atomic mass is 16.5. The third kappa shape index (κ3) is 15.7. The summed E-state index contributed by atoms with van der Waals surface area (Å²) in [5, 5.41) is 0. The SMILES string of the molecule is CCCCCCCCCCCCCCCCCC(=O)OCCc1ccccc1. The van der Waals surface area contributed by atoms with Crippen LogP contribution in [0.15, 0.2) is 30.3 Å². The van der Waals surface area contributed by atoms with Gasteiger partial charge in [0.25, 0.3) is 0 Å². The predicted octanol–water partition coefficient (Wildman–Crippen LogP) is 8.03. The Morgan fingerprint density at radius 1 is 0.679 bits per heavy atom. The molecule has 0 saturated carbocycles. The van der Waals surface area contributed by atoms with Crippen molar-refractivity contribution in [2.75, 3.05) is 6.61 Å². The van der Waals surface area contributed by atoms with Crippen LogP contribution in [0.5, 0.6) is 0 Å². The summed E-state index contributed by atoms with van der Waals surface area (Å²) in [7, 11) is 0. The molecule has 0 aliphatic heterocycles. The van der Waals surface area contributed by atoms with Crippen molar-refractivity contribution in [2.24, 2.45) is 0 Å². The first-order chi connectivity index (χ1) is 13.8. The molecule has 0 aliphatic rings. The van der Waals surface area contributed by atoms with Crippen LogP contribution in [-0.2, 0) is 16.0 Å². The molecule has 2 heteroatoms. The van der Waals surface area contributed by atoms with Gasteiger partial charge in [-0.15, -0.1) is 0 Å². The summed E-state index contributed by atoms with van der Waals surface area (Å²) in [6.07, 6.45) is 21.6. The normalized spacial score (nSPS) is 10.9. The van der Waals surface area contributed by atoms with Crippen molar-refractivity contribution in [2.45, 2.75) is 116 Å². The van der Waals surface area contributed by atoms with E-state index >= 15 is 0 Å². The van der Waals surface area contributed by atoms with E-state index in [9.17, 15) is 4.79 Å². The quantitative estimate of drug-likeness (QED) is 0.177. The lowest BCUT2D eigenvalue weighted by Gasteiger charge is -2.05. The molecule has 28 heavy (non-hydrogen) atoms. The maximum Gasteiger partial charge on any atom is 0.305 e. The van der Waals surface area contributed by atoms with Crippen LogP contribution in [0, 0.1) is 0 Å². The molecule has 0 fully saturated rings. The Balaban J connectivity index is 1.76. The van der Waals surface area contributed by atoms with Crippen LogP contribution in [-0.4, -0.2) is 12.6 Å². The van der Waals surface area contributed by atoms with Crippen LogP contribution in [0.25, 0.3) is 0 Å². The second-order valence-corrected chi connectivity index (χ2v) is 8.16. The van der Waals surface area contributed by atoms with Crippen molar-refractivity contribution in [1.29, 1.82) is 0 Å². The van der Waals surface area contributed by atoms with Crippen LogP contribution in [0.3, 0.4) is 0 Å². The number of ether oxygens (including phenoxy) is 1. The van der Waals surface area contributed by atoms with Gasteiger partial charge >= 0.3 is 5.97 Å². The lowest BCUT2D eigenvalue weighted by molar-refractivity contribution is -0.143. The van der Waals surface area contributed by atoms with Gasteiger partial charge in [-0.05, 0) is 12.0 Å². The van der Waals surface area contributed by atoms with Crippen molar-refractivity contribution < 1.29 is 9.53 Å². The van der Waals surface area contributed by atoms with E-state index < -0.39 is 0 Å². The standard InChI is InChI=1S/C26H44O2/c1-2-3-4-5-6-7-8-9-10-11-12-13-14-15-19-22-26(27)28-24-23-25-20-17-16-18-21-25/h16-18,20-21H,2-15,19,22-24H2,1H3. The van der Waals surface area contributed by atoms with Gasteiger partial charge in [-0.1, -0.05) is 127 Å². The highest BCUT2D eigenvalue weighted by molar-refractivity contribution is 5.69. The van der Waals surface area contributed by atoms with E-state index in [-0.39, 0.29) is 5.97 Å². The van der Waals surface area contributed by atoms with Crippen molar-refractivity contribution in [3.63, 3.8) is 0 Å². The zero-order chi connectivity index (χ0) is 20.1. The first kappa shape index (κ1) is 24.7. The molecule has 0 unspecified atom stereocenters. The smallest absolute Gasteiger partial charge is 0.305 e. The van der Waals surface area contributed by atoms with Gasteiger partial charge in [0, 0.05) is 12.8 Å². The molecule has 1 aromatic carbocycles. The summed E-state index contributed by atoms with van der Waals surface area (Å²) < 4.78 is 5.33. The third-order valence-corrected chi connectivity index (χ3v) is 5.48. The number of benzene rings is 1. The van der Waals surface area contributed by atoms with Gasteiger partial charge in [-0.3, -0.25) is 4.79 Å². The zero-order valence-electron chi connectivity index (χ0n) is 18.4. The molecule has 0 aromatic heterocycles. The summed E-state index contributed by atoms with van der Waals surface area (Å²) in [4.78, 5) is 11.7. The fourth-order valence-corrected chi connectivity index (χ4v) is 3.64. The number of rotatable bonds is 19. The van der Waals surface area contributed by atoms with Crippen molar-refractivity contribution in [3.8, 4) is 0 Å². The lowest BCUT2D eigenvalue weighted by atomic mass is 10.0. The molecule has 0 bridgehead atoms. The Kier molecular flexibility index (Phi) is 16.8. The highest BCUT2D eigenvalue weighted by Gasteiger charge is 2.03. The number of esters is 1. The lowest BCUT2D eigenvalue weighted by Crippen LogP contribution is -2.07. The van der Waals surface area contributed by atoms with Gasteiger partial charge < -0.3 is 4.74 Å². The van der Waals surface area contributed by atoms with Crippen LogP contribution < -0.4 is 0 Å². The number of hydrogen-bond acceptors (Lipinski definition) is 2. The Morgan fingerprint density at radius 2 is 1.14 bits per heavy atom. The third-order valence-electron chi connectivity index (χ3n) is 5.48. The maximum absolute atomic E-state index is 11.7. The van der Waals surface area contributed by atoms with Gasteiger partial charge in [0.2, 0.25) is 0 Å². The van der Waals surface area contributed by atoms with E-state index in [1.807, 2.05) is 18.2 Å². The Morgan fingerprint density at radius 3 is 1.64 bits per heavy atom. The van der Waals surface area contributed by atoms with Gasteiger partial charge in [-0.2, -0.15) is 0 Å². The Labute approximate surface area is 174 Å². The van der Waals surface area contributed by atoms with Crippen LogP contribution in [0.1, 0.15) is 115 Å². The molecule has 0 heterocycles. The van der Waals surface area contributed by atoms with Crippen molar-refractivity contribution in [3.05, 3.63) is 35.9 Å². The molecule has 0 saturated heterocycles. The Bertz CT molecular complexity index is 455. The molecule has 0 spiro atoms.